The molecule has 6 heteroatoms. The third-order valence-corrected chi connectivity index (χ3v) is 5.70. The van der Waals surface area contributed by atoms with Crippen LogP contribution in [0.5, 0.6) is 0 Å². The van der Waals surface area contributed by atoms with Crippen LogP contribution in [0, 0.1) is 12.7 Å². The van der Waals surface area contributed by atoms with Gasteiger partial charge in [-0.1, -0.05) is 30.3 Å². The summed E-state index contributed by atoms with van der Waals surface area (Å²) in [6.45, 7) is 2.26. The lowest BCUT2D eigenvalue weighted by atomic mass is 10.1. The van der Waals surface area contributed by atoms with Crippen LogP contribution in [0.25, 0.3) is 10.9 Å². The molecule has 0 N–H and O–H groups in total. The topological polar surface area (TPSA) is 47.4 Å². The molecular weight excluding hydrogens is 405 g/mol. The molecule has 0 aliphatic carbocycles. The van der Waals surface area contributed by atoms with Gasteiger partial charge in [0.1, 0.15) is 11.6 Å². The summed E-state index contributed by atoms with van der Waals surface area (Å²) in [5.41, 5.74) is 3.33. The second-order valence-electron chi connectivity index (χ2n) is 7.87. The van der Waals surface area contributed by atoms with Crippen LogP contribution < -0.4 is 10.5 Å². The Balaban J connectivity index is 1.77. The molecule has 1 heterocycles. The fourth-order valence-corrected chi connectivity index (χ4v) is 4.05. The van der Waals surface area contributed by atoms with Gasteiger partial charge in [0.2, 0.25) is 0 Å². The van der Waals surface area contributed by atoms with Crippen molar-refractivity contribution in [3.8, 4) is 0 Å². The van der Waals surface area contributed by atoms with Crippen LogP contribution in [-0.4, -0.2) is 30.3 Å². The summed E-state index contributed by atoms with van der Waals surface area (Å²) in [5, 5.41) is 0.538. The van der Waals surface area contributed by atoms with Crippen molar-refractivity contribution >= 4 is 22.3 Å². The van der Waals surface area contributed by atoms with Gasteiger partial charge in [0.05, 0.1) is 23.6 Å². The summed E-state index contributed by atoms with van der Waals surface area (Å²) in [6.07, 6.45) is 0.664. The third-order valence-electron chi connectivity index (χ3n) is 5.70. The van der Waals surface area contributed by atoms with Gasteiger partial charge in [0, 0.05) is 25.5 Å². The maximum Gasteiger partial charge on any atom is 0.261 e. The Bertz CT molecular complexity index is 1270. The number of nitrogens with zero attached hydrogens (tertiary/aromatic N) is 3. The number of methoxy groups -OCH3 is 1. The molecule has 4 aromatic rings. The highest BCUT2D eigenvalue weighted by molar-refractivity contribution is 5.83. The summed E-state index contributed by atoms with van der Waals surface area (Å²) in [7, 11) is 3.53. The molecular formula is C26H26FN3O2. The van der Waals surface area contributed by atoms with Crippen molar-refractivity contribution in [2.45, 2.75) is 19.4 Å². The molecule has 1 unspecified atom stereocenters. The van der Waals surface area contributed by atoms with Gasteiger partial charge in [-0.25, -0.2) is 9.37 Å². The molecule has 0 aliphatic heterocycles. The maximum absolute atomic E-state index is 13.6. The lowest BCUT2D eigenvalue weighted by Gasteiger charge is -2.23. The zero-order chi connectivity index (χ0) is 22.7. The highest BCUT2D eigenvalue weighted by Crippen LogP contribution is 2.26. The van der Waals surface area contributed by atoms with E-state index in [1.165, 1.54) is 12.1 Å². The first-order valence-electron chi connectivity index (χ1n) is 10.5. The van der Waals surface area contributed by atoms with Gasteiger partial charge in [-0.15, -0.1) is 0 Å². The number of anilines is 2. The van der Waals surface area contributed by atoms with E-state index in [4.69, 9.17) is 9.72 Å². The van der Waals surface area contributed by atoms with Crippen molar-refractivity contribution in [2.24, 2.45) is 0 Å². The number of halogens is 1. The number of benzene rings is 3. The fourth-order valence-electron chi connectivity index (χ4n) is 4.05. The van der Waals surface area contributed by atoms with E-state index in [0.717, 1.165) is 16.9 Å². The van der Waals surface area contributed by atoms with Gasteiger partial charge in [-0.2, -0.15) is 0 Å². The number of hydrogen-bond donors (Lipinski definition) is 0. The third kappa shape index (κ3) is 4.41. The van der Waals surface area contributed by atoms with Gasteiger partial charge in [0.25, 0.3) is 5.56 Å². The number of rotatable bonds is 7. The molecule has 0 saturated heterocycles. The first-order chi connectivity index (χ1) is 15.5. The Labute approximate surface area is 186 Å². The first kappa shape index (κ1) is 21.7. The van der Waals surface area contributed by atoms with Crippen LogP contribution in [0.2, 0.25) is 0 Å². The number of ether oxygens (including phenoxy) is 1. The van der Waals surface area contributed by atoms with Crippen molar-refractivity contribution in [1.82, 2.24) is 9.55 Å². The molecule has 3 aromatic carbocycles. The van der Waals surface area contributed by atoms with Gasteiger partial charge in [-0.05, 0) is 61.4 Å². The molecule has 0 spiro atoms. The molecule has 0 fully saturated rings. The largest absolute Gasteiger partial charge is 0.383 e. The van der Waals surface area contributed by atoms with Crippen molar-refractivity contribution in [1.29, 1.82) is 0 Å². The van der Waals surface area contributed by atoms with Crippen molar-refractivity contribution in [3.05, 3.63) is 100 Å². The quantitative estimate of drug-likeness (QED) is 0.411. The van der Waals surface area contributed by atoms with Crippen molar-refractivity contribution < 1.29 is 9.13 Å². The van der Waals surface area contributed by atoms with Crippen LogP contribution in [0.4, 0.5) is 15.8 Å². The minimum absolute atomic E-state index is 0.0974. The number of aryl methyl sites for hydroxylation is 1. The first-order valence-corrected chi connectivity index (χ1v) is 10.5. The highest BCUT2D eigenvalue weighted by Gasteiger charge is 2.19. The smallest absolute Gasteiger partial charge is 0.261 e. The zero-order valence-electron chi connectivity index (χ0n) is 18.5. The second-order valence-corrected chi connectivity index (χ2v) is 7.87. The lowest BCUT2D eigenvalue weighted by molar-refractivity contribution is 0.152. The molecule has 0 saturated carbocycles. The molecule has 0 aliphatic rings. The Morgan fingerprint density at radius 2 is 1.72 bits per heavy atom. The molecule has 0 bridgehead atoms. The van der Waals surface area contributed by atoms with Crippen LogP contribution in [0.1, 0.15) is 17.4 Å². The van der Waals surface area contributed by atoms with Crippen LogP contribution in [-0.2, 0) is 11.2 Å². The summed E-state index contributed by atoms with van der Waals surface area (Å²) < 4.78 is 20.5. The van der Waals surface area contributed by atoms with E-state index in [2.05, 4.69) is 0 Å². The Kier molecular flexibility index (Phi) is 6.32. The monoisotopic (exact) mass is 431 g/mol. The average Bonchev–Trinajstić information content (AvgIpc) is 2.80. The SMILES string of the molecule is COCC(Cc1ccccc1)n1c(C)nc2ccc(N(C)c3ccc(F)cc3)cc2c1=O. The predicted molar refractivity (Wildman–Crippen MR) is 126 cm³/mol. The molecule has 5 nitrogen and oxygen atoms in total. The van der Waals surface area contributed by atoms with Gasteiger partial charge in [-0.3, -0.25) is 9.36 Å². The minimum Gasteiger partial charge on any atom is -0.383 e. The molecule has 0 amide bonds. The van der Waals surface area contributed by atoms with E-state index in [1.807, 2.05) is 67.4 Å². The Hall–Kier alpha value is -3.51. The van der Waals surface area contributed by atoms with Crippen LogP contribution >= 0.6 is 0 Å². The summed E-state index contributed by atoms with van der Waals surface area (Å²) in [6, 6.07) is 21.7. The normalized spacial score (nSPS) is 12.1. The highest BCUT2D eigenvalue weighted by atomic mass is 19.1. The van der Waals surface area contributed by atoms with E-state index in [9.17, 15) is 9.18 Å². The molecule has 1 aromatic heterocycles. The fraction of sp³-hybridized carbons (Fsp3) is 0.231. The van der Waals surface area contributed by atoms with Gasteiger partial charge < -0.3 is 9.64 Å². The van der Waals surface area contributed by atoms with Gasteiger partial charge >= 0.3 is 0 Å². The van der Waals surface area contributed by atoms with Crippen molar-refractivity contribution in [2.75, 3.05) is 25.7 Å². The molecule has 1 atom stereocenters. The van der Waals surface area contributed by atoms with Gasteiger partial charge in [0.15, 0.2) is 0 Å². The minimum atomic E-state index is -0.286. The maximum atomic E-state index is 13.6. The standard InChI is InChI=1S/C26H26FN3O2/c1-18-28-25-14-13-22(29(2)21-11-9-20(27)10-12-21)16-24(25)26(31)30(18)23(17-32-3)15-19-7-5-4-6-8-19/h4-14,16,23H,15,17H2,1-3H3. The molecule has 164 valence electrons. The van der Waals surface area contributed by atoms with Crippen molar-refractivity contribution in [3.63, 3.8) is 0 Å². The zero-order valence-corrected chi connectivity index (χ0v) is 18.5. The predicted octanol–water partition coefficient (Wildman–Crippen LogP) is 5.04. The molecule has 32 heavy (non-hydrogen) atoms. The number of hydrogen-bond acceptors (Lipinski definition) is 4. The van der Waals surface area contributed by atoms with E-state index in [0.29, 0.717) is 29.8 Å². The molecule has 4 rings (SSSR count). The second kappa shape index (κ2) is 9.32. The number of fused-ring (bicyclic) bond motifs is 1. The van der Waals surface area contributed by atoms with Crippen LogP contribution in [0.3, 0.4) is 0 Å². The Morgan fingerprint density at radius 1 is 1.03 bits per heavy atom. The Morgan fingerprint density at radius 3 is 2.41 bits per heavy atom. The average molecular weight is 432 g/mol. The van der Waals surface area contributed by atoms with E-state index < -0.39 is 0 Å². The summed E-state index contributed by atoms with van der Waals surface area (Å²) >= 11 is 0. The van der Waals surface area contributed by atoms with E-state index >= 15 is 0 Å². The van der Waals surface area contributed by atoms with Crippen LogP contribution in [0.15, 0.2) is 77.6 Å². The molecule has 0 radical (unpaired) electrons. The number of aromatic nitrogens is 2. The lowest BCUT2D eigenvalue weighted by Crippen LogP contribution is -2.32. The summed E-state index contributed by atoms with van der Waals surface area (Å²) in [4.78, 5) is 20.2. The van der Waals surface area contributed by atoms with E-state index in [1.54, 1.807) is 23.8 Å². The van der Waals surface area contributed by atoms with E-state index in [-0.39, 0.29) is 17.4 Å². The summed E-state index contributed by atoms with van der Waals surface area (Å²) in [5.74, 6) is 0.367.